The zero-order chi connectivity index (χ0) is 18.2. The average molecular weight is 355 g/mol. The van der Waals surface area contributed by atoms with Crippen LogP contribution in [0, 0.1) is 5.82 Å². The quantitative estimate of drug-likeness (QED) is 0.677. The van der Waals surface area contributed by atoms with E-state index in [1.165, 1.54) is 37.4 Å². The third-order valence-corrected chi connectivity index (χ3v) is 3.65. The standard InChI is InChI=1S/C16H13F4N3O2/c1-2-25-15(24)10-8-22-23(14(10)16(18,19)20)12-6-7-21-13-9(12)4-3-5-11(13)17/h3-7,22H,2,8H2,1H3. The second-order valence-corrected chi connectivity index (χ2v) is 5.18. The zero-order valence-electron chi connectivity index (χ0n) is 13.0. The molecular formula is C16H13F4N3O2. The summed E-state index contributed by atoms with van der Waals surface area (Å²) in [6.07, 6.45) is -3.60. The molecule has 2 aromatic rings. The van der Waals surface area contributed by atoms with Crippen LogP contribution in [0.5, 0.6) is 0 Å². The number of pyridine rings is 1. The van der Waals surface area contributed by atoms with Gasteiger partial charge in [0, 0.05) is 18.1 Å². The third-order valence-electron chi connectivity index (χ3n) is 3.65. The normalized spacial score (nSPS) is 15.2. The van der Waals surface area contributed by atoms with Crippen LogP contribution < -0.4 is 10.4 Å². The first-order valence-corrected chi connectivity index (χ1v) is 7.39. The number of rotatable bonds is 3. The fraction of sp³-hybridized carbons (Fsp3) is 0.250. The van der Waals surface area contributed by atoms with Crippen molar-refractivity contribution in [1.82, 2.24) is 10.4 Å². The average Bonchev–Trinajstić information content (AvgIpc) is 3.00. The summed E-state index contributed by atoms with van der Waals surface area (Å²) in [6.45, 7) is 1.11. The molecule has 0 unspecified atom stereocenters. The Balaban J connectivity index is 2.17. The molecular weight excluding hydrogens is 342 g/mol. The Bertz CT molecular complexity index is 864. The minimum Gasteiger partial charge on any atom is -0.463 e. The molecule has 1 aromatic heterocycles. The summed E-state index contributed by atoms with van der Waals surface area (Å²) in [7, 11) is 0. The fourth-order valence-corrected chi connectivity index (χ4v) is 2.67. The smallest absolute Gasteiger partial charge is 0.433 e. The first-order chi connectivity index (χ1) is 11.8. The van der Waals surface area contributed by atoms with Gasteiger partial charge in [0.25, 0.3) is 0 Å². The predicted molar refractivity (Wildman–Crippen MR) is 81.9 cm³/mol. The largest absolute Gasteiger partial charge is 0.463 e. The van der Waals surface area contributed by atoms with Crippen molar-refractivity contribution in [2.45, 2.75) is 13.1 Å². The lowest BCUT2D eigenvalue weighted by molar-refractivity contribution is -0.139. The van der Waals surface area contributed by atoms with Crippen molar-refractivity contribution < 1.29 is 27.1 Å². The fourth-order valence-electron chi connectivity index (χ4n) is 2.67. The Kier molecular flexibility index (Phi) is 4.34. The van der Waals surface area contributed by atoms with Crippen molar-refractivity contribution in [3.63, 3.8) is 0 Å². The van der Waals surface area contributed by atoms with E-state index < -0.39 is 29.2 Å². The van der Waals surface area contributed by atoms with Gasteiger partial charge < -0.3 is 4.74 Å². The summed E-state index contributed by atoms with van der Waals surface area (Å²) in [5.74, 6) is -1.70. The molecule has 1 aliphatic heterocycles. The highest BCUT2D eigenvalue weighted by molar-refractivity contribution is 5.96. The van der Waals surface area contributed by atoms with Crippen LogP contribution in [0.2, 0.25) is 0 Å². The van der Waals surface area contributed by atoms with E-state index in [4.69, 9.17) is 4.74 Å². The number of benzene rings is 1. The molecule has 0 bridgehead atoms. The molecule has 0 aliphatic carbocycles. The molecule has 2 heterocycles. The number of alkyl halides is 3. The zero-order valence-corrected chi connectivity index (χ0v) is 13.0. The summed E-state index contributed by atoms with van der Waals surface area (Å²) < 4.78 is 59.4. The van der Waals surface area contributed by atoms with Crippen molar-refractivity contribution in [2.24, 2.45) is 0 Å². The van der Waals surface area contributed by atoms with Crippen molar-refractivity contribution in [1.29, 1.82) is 0 Å². The van der Waals surface area contributed by atoms with Crippen LogP contribution in [0.4, 0.5) is 23.2 Å². The van der Waals surface area contributed by atoms with Crippen LogP contribution >= 0.6 is 0 Å². The number of carbonyl (C=O) groups is 1. The number of para-hydroxylation sites is 1. The number of aromatic nitrogens is 1. The summed E-state index contributed by atoms with van der Waals surface area (Å²) in [5.41, 5.74) is 0.785. The third kappa shape index (κ3) is 3.02. The van der Waals surface area contributed by atoms with Crippen LogP contribution in [0.15, 0.2) is 41.7 Å². The van der Waals surface area contributed by atoms with E-state index >= 15 is 0 Å². The monoisotopic (exact) mass is 355 g/mol. The summed E-state index contributed by atoms with van der Waals surface area (Å²) >= 11 is 0. The maximum Gasteiger partial charge on any atom is 0.433 e. The Morgan fingerprint density at radius 1 is 1.36 bits per heavy atom. The summed E-state index contributed by atoms with van der Waals surface area (Å²) in [5, 5.41) is 0.914. The minimum atomic E-state index is -4.81. The van der Waals surface area contributed by atoms with Crippen LogP contribution in [-0.4, -0.2) is 30.3 Å². The van der Waals surface area contributed by atoms with Gasteiger partial charge in [0.2, 0.25) is 0 Å². The summed E-state index contributed by atoms with van der Waals surface area (Å²) in [6, 6.07) is 5.32. The molecule has 0 atom stereocenters. The van der Waals surface area contributed by atoms with E-state index in [2.05, 4.69) is 10.4 Å². The molecule has 1 N–H and O–H groups in total. The number of halogens is 4. The van der Waals surface area contributed by atoms with E-state index in [0.29, 0.717) is 0 Å². The van der Waals surface area contributed by atoms with Crippen molar-refractivity contribution in [3.05, 3.63) is 47.5 Å². The molecule has 132 valence electrons. The van der Waals surface area contributed by atoms with Gasteiger partial charge in [0.1, 0.15) is 11.3 Å². The maximum atomic E-state index is 13.9. The number of hydrogen-bond donors (Lipinski definition) is 1. The molecule has 25 heavy (non-hydrogen) atoms. The molecule has 1 aromatic carbocycles. The molecule has 9 heteroatoms. The number of nitrogens with zero attached hydrogens (tertiary/aromatic N) is 2. The lowest BCUT2D eigenvalue weighted by Gasteiger charge is -2.25. The van der Waals surface area contributed by atoms with Crippen molar-refractivity contribution >= 4 is 22.6 Å². The molecule has 0 saturated carbocycles. The molecule has 0 amide bonds. The van der Waals surface area contributed by atoms with Crippen LogP contribution in [0.25, 0.3) is 10.9 Å². The van der Waals surface area contributed by atoms with Gasteiger partial charge in [-0.2, -0.15) is 13.2 Å². The van der Waals surface area contributed by atoms with Crippen LogP contribution in [-0.2, 0) is 9.53 Å². The number of nitrogens with one attached hydrogen (secondary N) is 1. The number of carbonyl (C=O) groups excluding carboxylic acids is 1. The van der Waals surface area contributed by atoms with Crippen molar-refractivity contribution in [2.75, 3.05) is 18.2 Å². The minimum absolute atomic E-state index is 0.0381. The second-order valence-electron chi connectivity index (χ2n) is 5.18. The van der Waals surface area contributed by atoms with Gasteiger partial charge in [-0.15, -0.1) is 0 Å². The lowest BCUT2D eigenvalue weighted by atomic mass is 10.1. The van der Waals surface area contributed by atoms with Gasteiger partial charge in [0.05, 0.1) is 17.9 Å². The molecule has 0 fully saturated rings. The van der Waals surface area contributed by atoms with Crippen LogP contribution in [0.3, 0.4) is 0 Å². The molecule has 0 spiro atoms. The lowest BCUT2D eigenvalue weighted by Crippen LogP contribution is -2.37. The Hall–Kier alpha value is -2.68. The van der Waals surface area contributed by atoms with E-state index in [-0.39, 0.29) is 29.7 Å². The Morgan fingerprint density at radius 3 is 2.80 bits per heavy atom. The van der Waals surface area contributed by atoms with E-state index in [0.717, 1.165) is 5.01 Å². The predicted octanol–water partition coefficient (Wildman–Crippen LogP) is 3.08. The van der Waals surface area contributed by atoms with E-state index in [9.17, 15) is 22.4 Å². The number of ether oxygens (including phenoxy) is 1. The van der Waals surface area contributed by atoms with Gasteiger partial charge in [-0.3, -0.25) is 9.99 Å². The van der Waals surface area contributed by atoms with Gasteiger partial charge in [-0.1, -0.05) is 12.1 Å². The SMILES string of the molecule is CCOC(=O)C1=C(C(F)(F)F)N(c2ccnc3c(F)cccc23)NC1. The van der Waals surface area contributed by atoms with Crippen molar-refractivity contribution in [3.8, 4) is 0 Å². The molecule has 3 rings (SSSR count). The van der Waals surface area contributed by atoms with E-state index in [1.807, 2.05) is 0 Å². The molecule has 5 nitrogen and oxygen atoms in total. The number of hydrogen-bond acceptors (Lipinski definition) is 5. The van der Waals surface area contributed by atoms with E-state index in [1.54, 1.807) is 0 Å². The number of fused-ring (bicyclic) bond motifs is 1. The second kappa shape index (κ2) is 6.32. The number of esters is 1. The molecule has 0 radical (unpaired) electrons. The van der Waals surface area contributed by atoms with Gasteiger partial charge >= 0.3 is 12.1 Å². The van der Waals surface area contributed by atoms with Gasteiger partial charge in [0.15, 0.2) is 5.70 Å². The Labute approximate surface area is 139 Å². The number of anilines is 1. The van der Waals surface area contributed by atoms with Crippen LogP contribution in [0.1, 0.15) is 6.92 Å². The summed E-state index contributed by atoms with van der Waals surface area (Å²) in [4.78, 5) is 15.7. The topological polar surface area (TPSA) is 54.5 Å². The Morgan fingerprint density at radius 2 is 2.12 bits per heavy atom. The molecule has 1 aliphatic rings. The highest BCUT2D eigenvalue weighted by Crippen LogP contribution is 2.38. The van der Waals surface area contributed by atoms with Gasteiger partial charge in [-0.05, 0) is 19.1 Å². The van der Waals surface area contributed by atoms with Gasteiger partial charge in [-0.25, -0.2) is 14.6 Å². The highest BCUT2D eigenvalue weighted by Gasteiger charge is 2.46. The molecule has 0 saturated heterocycles. The maximum absolute atomic E-state index is 13.9. The first kappa shape index (κ1) is 17.2. The first-order valence-electron chi connectivity index (χ1n) is 7.39. The highest BCUT2D eigenvalue weighted by atomic mass is 19.4. The number of hydrazine groups is 1. The number of allylic oxidation sites excluding steroid dienone is 1.